The van der Waals surface area contributed by atoms with Gasteiger partial charge in [0.05, 0.1) is 6.10 Å². The smallest absolute Gasteiger partial charge is 0.0757 e. The molecule has 1 aliphatic carbocycles. The highest BCUT2D eigenvalue weighted by molar-refractivity contribution is 5.36. The topological polar surface area (TPSA) is 21.3 Å². The van der Waals surface area contributed by atoms with Gasteiger partial charge in [-0.25, -0.2) is 0 Å². The summed E-state index contributed by atoms with van der Waals surface area (Å²) in [7, 11) is 0. The van der Waals surface area contributed by atoms with E-state index in [1.165, 1.54) is 41.5 Å². The van der Waals surface area contributed by atoms with Crippen LogP contribution in [0.5, 0.6) is 0 Å². The molecule has 2 aliphatic rings. The Labute approximate surface area is 116 Å². The van der Waals surface area contributed by atoms with Crippen LogP contribution >= 0.6 is 0 Å². The molecule has 0 amide bonds. The summed E-state index contributed by atoms with van der Waals surface area (Å²) < 4.78 is 5.89. The second-order valence-corrected chi connectivity index (χ2v) is 6.31. The van der Waals surface area contributed by atoms with Gasteiger partial charge in [0.1, 0.15) is 0 Å². The molecule has 104 valence electrons. The average Bonchev–Trinajstić information content (AvgIpc) is 3.12. The maximum absolute atomic E-state index is 5.89. The number of benzene rings is 1. The van der Waals surface area contributed by atoms with Gasteiger partial charge >= 0.3 is 0 Å². The van der Waals surface area contributed by atoms with Crippen LogP contribution < -0.4 is 5.32 Å². The first kappa shape index (κ1) is 13.1. The minimum Gasteiger partial charge on any atom is -0.376 e. The third-order valence-corrected chi connectivity index (χ3v) is 4.73. The Morgan fingerprint density at radius 2 is 1.79 bits per heavy atom. The standard InChI is InChI=1S/C17H25NO/c1-11-8-13(3)15(9-12(11)2)10-18-16-6-7-19-17(16)14-4-5-14/h8-9,14,16-18H,4-7,10H2,1-3H3. The Kier molecular flexibility index (Phi) is 3.64. The molecule has 0 spiro atoms. The summed E-state index contributed by atoms with van der Waals surface area (Å²) in [6.45, 7) is 8.51. The van der Waals surface area contributed by atoms with Gasteiger partial charge in [-0.3, -0.25) is 0 Å². The van der Waals surface area contributed by atoms with Crippen LogP contribution in [0.25, 0.3) is 0 Å². The van der Waals surface area contributed by atoms with E-state index in [-0.39, 0.29) is 0 Å². The fraction of sp³-hybridized carbons (Fsp3) is 0.647. The molecule has 1 aromatic rings. The van der Waals surface area contributed by atoms with Gasteiger partial charge in [-0.1, -0.05) is 12.1 Å². The summed E-state index contributed by atoms with van der Waals surface area (Å²) in [5.41, 5.74) is 5.62. The zero-order chi connectivity index (χ0) is 13.4. The second kappa shape index (κ2) is 5.26. The number of aryl methyl sites for hydroxylation is 3. The fourth-order valence-electron chi connectivity index (χ4n) is 3.17. The van der Waals surface area contributed by atoms with Crippen LogP contribution in [0, 0.1) is 26.7 Å². The number of rotatable bonds is 4. The van der Waals surface area contributed by atoms with Crippen LogP contribution in [-0.4, -0.2) is 18.8 Å². The summed E-state index contributed by atoms with van der Waals surface area (Å²) in [6.07, 6.45) is 4.38. The molecule has 3 rings (SSSR count). The first-order chi connectivity index (χ1) is 9.15. The van der Waals surface area contributed by atoms with Crippen LogP contribution in [0.15, 0.2) is 12.1 Å². The highest BCUT2D eigenvalue weighted by Gasteiger charge is 2.40. The Morgan fingerprint density at radius 1 is 1.05 bits per heavy atom. The van der Waals surface area contributed by atoms with Crippen molar-refractivity contribution < 1.29 is 4.74 Å². The lowest BCUT2D eigenvalue weighted by molar-refractivity contribution is 0.0808. The molecule has 1 heterocycles. The van der Waals surface area contributed by atoms with Gasteiger partial charge in [0.2, 0.25) is 0 Å². The van der Waals surface area contributed by atoms with E-state index in [1.807, 2.05) is 0 Å². The first-order valence-corrected chi connectivity index (χ1v) is 7.57. The molecule has 0 bridgehead atoms. The lowest BCUT2D eigenvalue weighted by atomic mass is 10.00. The SMILES string of the molecule is Cc1cc(C)c(CNC2CCOC2C2CC2)cc1C. The molecule has 0 aromatic heterocycles. The quantitative estimate of drug-likeness (QED) is 0.896. The Morgan fingerprint density at radius 3 is 2.53 bits per heavy atom. The number of hydrogen-bond donors (Lipinski definition) is 1. The number of nitrogens with one attached hydrogen (secondary N) is 1. The molecule has 2 heteroatoms. The van der Waals surface area contributed by atoms with E-state index in [9.17, 15) is 0 Å². The second-order valence-electron chi connectivity index (χ2n) is 6.31. The molecule has 1 aromatic carbocycles. The molecule has 1 saturated carbocycles. The predicted molar refractivity (Wildman–Crippen MR) is 78.4 cm³/mol. The van der Waals surface area contributed by atoms with E-state index in [2.05, 4.69) is 38.2 Å². The van der Waals surface area contributed by atoms with Crippen LogP contribution in [0.1, 0.15) is 41.5 Å². The Bertz CT molecular complexity index is 465. The Hall–Kier alpha value is -0.860. The molecule has 2 unspecified atom stereocenters. The van der Waals surface area contributed by atoms with Crippen molar-refractivity contribution in [1.82, 2.24) is 5.32 Å². The summed E-state index contributed by atoms with van der Waals surface area (Å²) in [4.78, 5) is 0. The molecule has 2 nitrogen and oxygen atoms in total. The van der Waals surface area contributed by atoms with Gasteiger partial charge in [0.25, 0.3) is 0 Å². The minimum atomic E-state index is 0.479. The Balaban J connectivity index is 1.64. The van der Waals surface area contributed by atoms with Gasteiger partial charge < -0.3 is 10.1 Å². The van der Waals surface area contributed by atoms with E-state index in [0.717, 1.165) is 19.1 Å². The van der Waals surface area contributed by atoms with E-state index in [0.29, 0.717) is 12.1 Å². The van der Waals surface area contributed by atoms with Crippen molar-refractivity contribution in [3.8, 4) is 0 Å². The lowest BCUT2D eigenvalue weighted by Gasteiger charge is -2.20. The molecular formula is C17H25NO. The van der Waals surface area contributed by atoms with Crippen molar-refractivity contribution in [2.75, 3.05) is 6.61 Å². The average molecular weight is 259 g/mol. The first-order valence-electron chi connectivity index (χ1n) is 7.57. The molecule has 1 saturated heterocycles. The van der Waals surface area contributed by atoms with Crippen molar-refractivity contribution >= 4 is 0 Å². The van der Waals surface area contributed by atoms with Crippen molar-refractivity contribution in [2.24, 2.45) is 5.92 Å². The van der Waals surface area contributed by atoms with Crippen molar-refractivity contribution in [1.29, 1.82) is 0 Å². The summed E-state index contributed by atoms with van der Waals surface area (Å²) in [5.74, 6) is 0.834. The molecule has 1 aliphatic heterocycles. The molecule has 1 N–H and O–H groups in total. The maximum atomic E-state index is 5.89. The zero-order valence-electron chi connectivity index (χ0n) is 12.3. The van der Waals surface area contributed by atoms with Crippen LogP contribution in [0.3, 0.4) is 0 Å². The van der Waals surface area contributed by atoms with Crippen molar-refractivity contribution in [3.05, 3.63) is 34.4 Å². The highest BCUT2D eigenvalue weighted by atomic mass is 16.5. The van der Waals surface area contributed by atoms with Crippen LogP contribution in [-0.2, 0) is 11.3 Å². The van der Waals surface area contributed by atoms with Gasteiger partial charge in [0.15, 0.2) is 0 Å². The summed E-state index contributed by atoms with van der Waals surface area (Å²) in [5, 5.41) is 3.73. The van der Waals surface area contributed by atoms with Gasteiger partial charge in [0, 0.05) is 19.2 Å². The van der Waals surface area contributed by atoms with Gasteiger partial charge in [-0.05, 0) is 68.2 Å². The zero-order valence-corrected chi connectivity index (χ0v) is 12.3. The normalized spacial score (nSPS) is 26.9. The summed E-state index contributed by atoms with van der Waals surface area (Å²) in [6, 6.07) is 5.20. The van der Waals surface area contributed by atoms with Crippen molar-refractivity contribution in [2.45, 2.75) is 58.7 Å². The highest BCUT2D eigenvalue weighted by Crippen LogP contribution is 2.38. The molecule has 0 radical (unpaired) electrons. The van der Waals surface area contributed by atoms with E-state index >= 15 is 0 Å². The third kappa shape index (κ3) is 2.85. The largest absolute Gasteiger partial charge is 0.376 e. The molecule has 19 heavy (non-hydrogen) atoms. The number of hydrogen-bond acceptors (Lipinski definition) is 2. The van der Waals surface area contributed by atoms with E-state index in [1.54, 1.807) is 0 Å². The maximum Gasteiger partial charge on any atom is 0.0757 e. The lowest BCUT2D eigenvalue weighted by Crippen LogP contribution is -2.37. The van der Waals surface area contributed by atoms with Crippen LogP contribution in [0.2, 0.25) is 0 Å². The van der Waals surface area contributed by atoms with Gasteiger partial charge in [-0.15, -0.1) is 0 Å². The van der Waals surface area contributed by atoms with Gasteiger partial charge in [-0.2, -0.15) is 0 Å². The number of ether oxygens (including phenoxy) is 1. The van der Waals surface area contributed by atoms with Crippen LogP contribution in [0.4, 0.5) is 0 Å². The van der Waals surface area contributed by atoms with E-state index < -0.39 is 0 Å². The molecule has 2 atom stereocenters. The molecular weight excluding hydrogens is 234 g/mol. The monoisotopic (exact) mass is 259 g/mol. The molecule has 2 fully saturated rings. The minimum absolute atomic E-state index is 0.479. The van der Waals surface area contributed by atoms with Crippen molar-refractivity contribution in [3.63, 3.8) is 0 Å². The van der Waals surface area contributed by atoms with E-state index in [4.69, 9.17) is 4.74 Å². The fourth-order valence-corrected chi connectivity index (χ4v) is 3.17. The summed E-state index contributed by atoms with van der Waals surface area (Å²) >= 11 is 0. The predicted octanol–water partition coefficient (Wildman–Crippen LogP) is 3.27. The third-order valence-electron chi connectivity index (χ3n) is 4.73.